The smallest absolute Gasteiger partial charge is 0.138 e. The fraction of sp³-hybridized carbons (Fsp3) is 0.375. The van der Waals surface area contributed by atoms with E-state index in [1.807, 2.05) is 0 Å². The van der Waals surface area contributed by atoms with Crippen LogP contribution < -0.4 is 0 Å². The topological polar surface area (TPSA) is 44.8 Å². The predicted molar refractivity (Wildman–Crippen MR) is 78.0 cm³/mol. The number of benzene rings is 1. The minimum absolute atomic E-state index is 0.272. The number of piperidine rings is 1. The van der Waals surface area contributed by atoms with Gasteiger partial charge in [0.25, 0.3) is 0 Å². The molecule has 1 spiro atoms. The van der Waals surface area contributed by atoms with Crippen LogP contribution in [0.4, 0.5) is 0 Å². The van der Waals surface area contributed by atoms with E-state index in [4.69, 9.17) is 0 Å². The van der Waals surface area contributed by atoms with E-state index in [1.54, 1.807) is 6.33 Å². The van der Waals surface area contributed by atoms with Gasteiger partial charge in [0.2, 0.25) is 0 Å². The first-order valence-corrected chi connectivity index (χ1v) is 7.21. The average Bonchev–Trinajstić information content (AvgIpc) is 3.11. The van der Waals surface area contributed by atoms with Crippen LogP contribution in [-0.4, -0.2) is 33.2 Å². The van der Waals surface area contributed by atoms with Crippen molar-refractivity contribution in [2.24, 2.45) is 0 Å². The molecule has 4 heteroatoms. The highest BCUT2D eigenvalue weighted by Crippen LogP contribution is 2.43. The van der Waals surface area contributed by atoms with Gasteiger partial charge >= 0.3 is 0 Å². The van der Waals surface area contributed by atoms with Crippen LogP contribution in [0.1, 0.15) is 29.8 Å². The minimum Gasteiger partial charge on any atom is -0.296 e. The second kappa shape index (κ2) is 4.56. The molecule has 0 atom stereocenters. The molecular formula is C16H18N4. The van der Waals surface area contributed by atoms with Crippen molar-refractivity contribution >= 4 is 6.08 Å². The first-order chi connectivity index (χ1) is 9.86. The van der Waals surface area contributed by atoms with Crippen molar-refractivity contribution in [1.82, 2.24) is 20.1 Å². The van der Waals surface area contributed by atoms with Crippen molar-refractivity contribution in [3.05, 3.63) is 53.6 Å². The summed E-state index contributed by atoms with van der Waals surface area (Å²) in [5.41, 5.74) is 3.18. The van der Waals surface area contributed by atoms with Crippen molar-refractivity contribution in [3.63, 3.8) is 0 Å². The molecule has 0 amide bonds. The maximum absolute atomic E-state index is 4.21. The molecule has 1 aliphatic heterocycles. The number of likely N-dealkylation sites (tertiary alicyclic amines) is 1. The molecule has 1 saturated heterocycles. The van der Waals surface area contributed by atoms with Crippen LogP contribution in [0.5, 0.6) is 0 Å². The van der Waals surface area contributed by atoms with Crippen molar-refractivity contribution < 1.29 is 0 Å². The zero-order valence-electron chi connectivity index (χ0n) is 11.4. The van der Waals surface area contributed by atoms with E-state index < -0.39 is 0 Å². The number of allylic oxidation sites excluding steroid dienone is 1. The van der Waals surface area contributed by atoms with Gasteiger partial charge in [-0.15, -0.1) is 0 Å². The van der Waals surface area contributed by atoms with E-state index in [2.05, 4.69) is 56.5 Å². The van der Waals surface area contributed by atoms with Gasteiger partial charge in [-0.2, -0.15) is 5.10 Å². The second-order valence-corrected chi connectivity index (χ2v) is 5.79. The normalized spacial score (nSPS) is 20.4. The summed E-state index contributed by atoms with van der Waals surface area (Å²) in [6, 6.07) is 8.80. The summed E-state index contributed by atoms with van der Waals surface area (Å²) in [5, 5.41) is 6.86. The number of fused-ring (bicyclic) bond motifs is 2. The quantitative estimate of drug-likeness (QED) is 0.907. The molecule has 1 aromatic heterocycles. The number of rotatable bonds is 2. The summed E-state index contributed by atoms with van der Waals surface area (Å²) in [7, 11) is 0. The Morgan fingerprint density at radius 3 is 2.85 bits per heavy atom. The maximum Gasteiger partial charge on any atom is 0.138 e. The summed E-state index contributed by atoms with van der Waals surface area (Å²) < 4.78 is 0. The SMILES string of the molecule is C1=CC2(CCN(Cc3ncn[nH]3)CC2)c2ccccc21. The van der Waals surface area contributed by atoms with Gasteiger partial charge in [0.15, 0.2) is 0 Å². The van der Waals surface area contributed by atoms with E-state index in [1.165, 1.54) is 24.0 Å². The van der Waals surface area contributed by atoms with E-state index >= 15 is 0 Å². The molecular weight excluding hydrogens is 248 g/mol. The van der Waals surface area contributed by atoms with Crippen LogP contribution in [0.15, 0.2) is 36.7 Å². The number of hydrogen-bond donors (Lipinski definition) is 1. The summed E-state index contributed by atoms with van der Waals surface area (Å²) in [4.78, 5) is 6.67. The van der Waals surface area contributed by atoms with Gasteiger partial charge in [-0.3, -0.25) is 10.00 Å². The Labute approximate surface area is 118 Å². The number of nitrogens with zero attached hydrogens (tertiary/aromatic N) is 3. The lowest BCUT2D eigenvalue weighted by Gasteiger charge is -2.39. The predicted octanol–water partition coefficient (Wildman–Crippen LogP) is 2.37. The van der Waals surface area contributed by atoms with Crippen LogP contribution in [-0.2, 0) is 12.0 Å². The Bertz CT molecular complexity index is 622. The molecule has 1 aliphatic carbocycles. The van der Waals surface area contributed by atoms with Crippen LogP contribution in [0, 0.1) is 0 Å². The lowest BCUT2D eigenvalue weighted by Crippen LogP contribution is -2.40. The molecule has 2 heterocycles. The Kier molecular flexibility index (Phi) is 2.70. The Hall–Kier alpha value is -1.94. The number of nitrogens with one attached hydrogen (secondary N) is 1. The fourth-order valence-corrected chi connectivity index (χ4v) is 3.50. The van der Waals surface area contributed by atoms with Crippen molar-refractivity contribution in [1.29, 1.82) is 0 Å². The van der Waals surface area contributed by atoms with Gasteiger partial charge in [-0.25, -0.2) is 4.98 Å². The highest BCUT2D eigenvalue weighted by Gasteiger charge is 2.37. The molecule has 1 aromatic carbocycles. The van der Waals surface area contributed by atoms with Gasteiger partial charge in [-0.05, 0) is 37.1 Å². The first-order valence-electron chi connectivity index (χ1n) is 7.21. The van der Waals surface area contributed by atoms with Gasteiger partial charge in [0.05, 0.1) is 6.54 Å². The van der Waals surface area contributed by atoms with Gasteiger partial charge in [0.1, 0.15) is 12.2 Å². The molecule has 102 valence electrons. The zero-order valence-corrected chi connectivity index (χ0v) is 11.4. The number of aromatic amines is 1. The van der Waals surface area contributed by atoms with Crippen LogP contribution in [0.3, 0.4) is 0 Å². The summed E-state index contributed by atoms with van der Waals surface area (Å²) in [6.45, 7) is 3.10. The lowest BCUT2D eigenvalue weighted by molar-refractivity contribution is 0.174. The minimum atomic E-state index is 0.272. The maximum atomic E-state index is 4.21. The fourth-order valence-electron chi connectivity index (χ4n) is 3.50. The number of H-pyrrole nitrogens is 1. The molecule has 20 heavy (non-hydrogen) atoms. The lowest BCUT2D eigenvalue weighted by atomic mass is 9.74. The number of aromatic nitrogens is 3. The van der Waals surface area contributed by atoms with E-state index in [0.717, 1.165) is 25.5 Å². The molecule has 4 nitrogen and oxygen atoms in total. The van der Waals surface area contributed by atoms with Crippen molar-refractivity contribution in [3.8, 4) is 0 Å². The third kappa shape index (κ3) is 1.88. The third-order valence-corrected chi connectivity index (χ3v) is 4.67. The molecule has 1 N–H and O–H groups in total. The standard InChI is InChI=1S/C16H18N4/c1-2-4-14-13(3-1)5-6-16(14)7-9-20(10-8-16)11-15-17-12-18-19-15/h1-6,12H,7-11H2,(H,17,18,19). The molecule has 0 saturated carbocycles. The second-order valence-electron chi connectivity index (χ2n) is 5.79. The highest BCUT2D eigenvalue weighted by atomic mass is 15.2. The average molecular weight is 266 g/mol. The molecule has 2 aromatic rings. The van der Waals surface area contributed by atoms with Crippen molar-refractivity contribution in [2.45, 2.75) is 24.8 Å². The summed E-state index contributed by atoms with van der Waals surface area (Å²) in [5.74, 6) is 0.961. The van der Waals surface area contributed by atoms with E-state index in [0.29, 0.717) is 0 Å². The zero-order chi connectivity index (χ0) is 13.4. The van der Waals surface area contributed by atoms with Gasteiger partial charge in [0, 0.05) is 5.41 Å². The Balaban J connectivity index is 1.49. The molecule has 1 fully saturated rings. The summed E-state index contributed by atoms with van der Waals surface area (Å²) in [6.07, 6.45) is 8.67. The van der Waals surface area contributed by atoms with Gasteiger partial charge < -0.3 is 0 Å². The molecule has 4 rings (SSSR count). The Morgan fingerprint density at radius 1 is 1.20 bits per heavy atom. The van der Waals surface area contributed by atoms with Gasteiger partial charge in [-0.1, -0.05) is 36.4 Å². The van der Waals surface area contributed by atoms with E-state index in [9.17, 15) is 0 Å². The molecule has 0 radical (unpaired) electrons. The van der Waals surface area contributed by atoms with Crippen LogP contribution >= 0.6 is 0 Å². The molecule has 2 aliphatic rings. The monoisotopic (exact) mass is 266 g/mol. The first kappa shape index (κ1) is 11.9. The summed E-state index contributed by atoms with van der Waals surface area (Å²) >= 11 is 0. The molecule has 0 unspecified atom stereocenters. The van der Waals surface area contributed by atoms with E-state index in [-0.39, 0.29) is 5.41 Å². The Morgan fingerprint density at radius 2 is 2.05 bits per heavy atom. The highest BCUT2D eigenvalue weighted by molar-refractivity contribution is 5.65. The third-order valence-electron chi connectivity index (χ3n) is 4.67. The molecule has 0 bridgehead atoms. The number of hydrogen-bond acceptors (Lipinski definition) is 3. The largest absolute Gasteiger partial charge is 0.296 e. The van der Waals surface area contributed by atoms with Crippen LogP contribution in [0.2, 0.25) is 0 Å². The van der Waals surface area contributed by atoms with Crippen molar-refractivity contribution in [2.75, 3.05) is 13.1 Å². The van der Waals surface area contributed by atoms with Crippen LogP contribution in [0.25, 0.3) is 6.08 Å².